The van der Waals surface area contributed by atoms with E-state index in [0.29, 0.717) is 25.7 Å². The van der Waals surface area contributed by atoms with E-state index >= 15 is 0 Å². The number of carbonyl (C=O) groups is 4. The van der Waals surface area contributed by atoms with Crippen molar-refractivity contribution >= 4 is 39.5 Å². The second kappa shape index (κ2) is 73.9. The number of aliphatic hydroxyl groups excluding tert-OH is 1. The number of hydrogen-bond donors (Lipinski definition) is 3. The van der Waals surface area contributed by atoms with E-state index in [0.717, 1.165) is 95.8 Å². The summed E-state index contributed by atoms with van der Waals surface area (Å²) in [7, 11) is -9.92. The van der Waals surface area contributed by atoms with Crippen molar-refractivity contribution in [2.24, 2.45) is 5.92 Å². The van der Waals surface area contributed by atoms with Crippen LogP contribution in [0, 0.1) is 5.92 Å². The van der Waals surface area contributed by atoms with Crippen molar-refractivity contribution in [1.29, 1.82) is 0 Å². The zero-order chi connectivity index (χ0) is 73.4. The highest BCUT2D eigenvalue weighted by atomic mass is 31.2. The van der Waals surface area contributed by atoms with E-state index in [1.54, 1.807) is 0 Å². The summed E-state index contributed by atoms with van der Waals surface area (Å²) in [5.41, 5.74) is 0. The van der Waals surface area contributed by atoms with E-state index in [1.165, 1.54) is 257 Å². The van der Waals surface area contributed by atoms with Crippen LogP contribution in [0.3, 0.4) is 0 Å². The lowest BCUT2D eigenvalue weighted by Gasteiger charge is -2.21. The molecule has 0 bridgehead atoms. The summed E-state index contributed by atoms with van der Waals surface area (Å²) in [6.07, 6.45) is 65.1. The van der Waals surface area contributed by atoms with Gasteiger partial charge >= 0.3 is 39.5 Å². The largest absolute Gasteiger partial charge is 0.472 e. The summed E-state index contributed by atoms with van der Waals surface area (Å²) in [5, 5.41) is 10.6. The van der Waals surface area contributed by atoms with E-state index in [-0.39, 0.29) is 25.7 Å². The van der Waals surface area contributed by atoms with E-state index < -0.39 is 97.5 Å². The molecule has 3 unspecified atom stereocenters. The highest BCUT2D eigenvalue weighted by Gasteiger charge is 2.30. The number of phosphoric acid groups is 2. The molecule has 0 saturated heterocycles. The second-order valence-corrected chi connectivity index (χ2v) is 32.3. The van der Waals surface area contributed by atoms with Gasteiger partial charge in [-0.2, -0.15) is 0 Å². The molecule has 594 valence electrons. The maximum absolute atomic E-state index is 13.1. The second-order valence-electron chi connectivity index (χ2n) is 29.4. The minimum Gasteiger partial charge on any atom is -0.462 e. The van der Waals surface area contributed by atoms with Gasteiger partial charge in [-0.3, -0.25) is 37.3 Å². The number of hydrogen-bond acceptors (Lipinski definition) is 15. The highest BCUT2D eigenvalue weighted by molar-refractivity contribution is 7.47. The van der Waals surface area contributed by atoms with Gasteiger partial charge in [-0.15, -0.1) is 0 Å². The number of aliphatic hydroxyl groups is 1. The fourth-order valence-corrected chi connectivity index (χ4v) is 14.1. The monoisotopic (exact) mass is 1470 g/mol. The summed E-state index contributed by atoms with van der Waals surface area (Å²) in [6, 6.07) is 0. The molecular formula is C81H158O17P2. The molecular weight excluding hydrogens is 1310 g/mol. The van der Waals surface area contributed by atoms with Gasteiger partial charge in [0.05, 0.1) is 26.4 Å². The average molecular weight is 1470 g/mol. The molecule has 19 heteroatoms. The summed E-state index contributed by atoms with van der Waals surface area (Å²) in [6.45, 7) is 7.33. The van der Waals surface area contributed by atoms with Crippen LogP contribution in [-0.2, 0) is 65.4 Å². The molecule has 0 radical (unpaired) electrons. The smallest absolute Gasteiger partial charge is 0.462 e. The molecule has 0 aromatic carbocycles. The Balaban J connectivity index is 5.24. The molecule has 0 aliphatic carbocycles. The van der Waals surface area contributed by atoms with Crippen LogP contribution in [0.5, 0.6) is 0 Å². The van der Waals surface area contributed by atoms with E-state index in [4.69, 9.17) is 37.0 Å². The van der Waals surface area contributed by atoms with Gasteiger partial charge in [-0.05, 0) is 31.6 Å². The predicted molar refractivity (Wildman–Crippen MR) is 409 cm³/mol. The third-order valence-corrected chi connectivity index (χ3v) is 21.3. The lowest BCUT2D eigenvalue weighted by molar-refractivity contribution is -0.161. The van der Waals surface area contributed by atoms with Crippen molar-refractivity contribution in [3.8, 4) is 0 Å². The van der Waals surface area contributed by atoms with Crippen LogP contribution in [0.15, 0.2) is 0 Å². The van der Waals surface area contributed by atoms with Crippen molar-refractivity contribution in [1.82, 2.24) is 0 Å². The summed E-state index contributed by atoms with van der Waals surface area (Å²) in [4.78, 5) is 73.0. The lowest BCUT2D eigenvalue weighted by Crippen LogP contribution is -2.30. The first kappa shape index (κ1) is 98.1. The molecule has 6 atom stereocenters. The van der Waals surface area contributed by atoms with Crippen molar-refractivity contribution in [2.45, 2.75) is 451 Å². The molecule has 0 fully saturated rings. The Labute approximate surface area is 613 Å². The third-order valence-electron chi connectivity index (χ3n) is 19.4. The zero-order valence-electron chi connectivity index (χ0n) is 65.3. The van der Waals surface area contributed by atoms with Crippen molar-refractivity contribution in [3.05, 3.63) is 0 Å². The summed E-state index contributed by atoms with van der Waals surface area (Å²) < 4.78 is 68.7. The molecule has 0 rings (SSSR count). The molecule has 0 aromatic rings. The van der Waals surface area contributed by atoms with Crippen LogP contribution < -0.4 is 0 Å². The first-order valence-corrected chi connectivity index (χ1v) is 45.2. The Hall–Kier alpha value is -1.94. The molecule has 17 nitrogen and oxygen atoms in total. The Bertz CT molecular complexity index is 1910. The minimum atomic E-state index is -4.96. The highest BCUT2D eigenvalue weighted by Crippen LogP contribution is 2.45. The topological polar surface area (TPSA) is 237 Å². The van der Waals surface area contributed by atoms with Crippen LogP contribution in [0.1, 0.15) is 433 Å². The van der Waals surface area contributed by atoms with Crippen molar-refractivity contribution < 1.29 is 80.2 Å². The SMILES string of the molecule is CCCCCCCCCCCCCCCCCCCCCC(=O)O[C@H](COC(=O)CCCCCCCCCCCCCCCCCCC)COP(=O)(O)OC[C@@H](O)COP(=O)(O)OC[C@@H](COC(=O)CCCCCCCCCCCCCC)OC(=O)CCCCCCCCCCC(C)CC. The Morgan fingerprint density at radius 1 is 0.280 bits per heavy atom. The number of esters is 4. The lowest BCUT2D eigenvalue weighted by atomic mass is 9.99. The van der Waals surface area contributed by atoms with Gasteiger partial charge < -0.3 is 33.8 Å². The minimum absolute atomic E-state index is 0.106. The van der Waals surface area contributed by atoms with Crippen LogP contribution in [0.4, 0.5) is 0 Å². The molecule has 0 amide bonds. The average Bonchev–Trinajstić information content (AvgIpc) is 0.982. The Morgan fingerprint density at radius 3 is 0.710 bits per heavy atom. The number of carbonyl (C=O) groups excluding carboxylic acids is 4. The van der Waals surface area contributed by atoms with Crippen molar-refractivity contribution in [3.63, 3.8) is 0 Å². The van der Waals surface area contributed by atoms with Crippen LogP contribution in [0.2, 0.25) is 0 Å². The standard InChI is InChI=1S/C81H158O17P2/c1-6-10-13-16-19-22-25-28-30-32-33-35-37-39-42-45-51-56-61-66-80(85)97-76(70-91-79(84)65-60-55-50-44-41-38-36-34-31-29-26-23-20-17-14-11-7-2)72-95-99(87,88)93-68-75(82)69-94-100(89,90)96-73-77(98-81(86)67-62-57-52-47-46-48-53-58-63-74(5)9-4)71-92-78(83)64-59-54-49-43-40-27-24-21-18-15-12-8-3/h74-77,82H,6-73H2,1-5H3,(H,87,88)(H,89,90)/t74?,75-,76-,77-/m1/s1. The fourth-order valence-electron chi connectivity index (χ4n) is 12.6. The number of rotatable bonds is 81. The number of phosphoric ester groups is 2. The van der Waals surface area contributed by atoms with E-state index in [1.807, 2.05) is 0 Å². The fraction of sp³-hybridized carbons (Fsp3) is 0.951. The summed E-state index contributed by atoms with van der Waals surface area (Å²) in [5.74, 6) is -1.34. The van der Waals surface area contributed by atoms with E-state index in [2.05, 4.69) is 34.6 Å². The van der Waals surface area contributed by atoms with Gasteiger partial charge in [-0.25, -0.2) is 9.13 Å². The molecule has 100 heavy (non-hydrogen) atoms. The third kappa shape index (κ3) is 73.0. The molecule has 0 aliphatic rings. The van der Waals surface area contributed by atoms with Gasteiger partial charge in [0.15, 0.2) is 12.2 Å². The zero-order valence-corrected chi connectivity index (χ0v) is 67.1. The Morgan fingerprint density at radius 2 is 0.480 bits per heavy atom. The van der Waals surface area contributed by atoms with Gasteiger partial charge in [0.1, 0.15) is 19.3 Å². The van der Waals surface area contributed by atoms with E-state index in [9.17, 15) is 43.2 Å². The Kier molecular flexibility index (Phi) is 72.5. The van der Waals surface area contributed by atoms with Crippen molar-refractivity contribution in [2.75, 3.05) is 39.6 Å². The maximum atomic E-state index is 13.1. The quantitative estimate of drug-likeness (QED) is 0.0222. The molecule has 0 aliphatic heterocycles. The van der Waals surface area contributed by atoms with Crippen LogP contribution >= 0.6 is 15.6 Å². The van der Waals surface area contributed by atoms with Crippen LogP contribution in [-0.4, -0.2) is 96.7 Å². The maximum Gasteiger partial charge on any atom is 0.472 e. The first-order valence-electron chi connectivity index (χ1n) is 42.2. The number of ether oxygens (including phenoxy) is 4. The van der Waals surface area contributed by atoms with Gasteiger partial charge in [0.2, 0.25) is 0 Å². The predicted octanol–water partition coefficient (Wildman–Crippen LogP) is 24.4. The normalized spacial score (nSPS) is 14.1. The molecule has 0 heterocycles. The molecule has 3 N–H and O–H groups in total. The van der Waals surface area contributed by atoms with Gasteiger partial charge in [0, 0.05) is 25.7 Å². The van der Waals surface area contributed by atoms with Gasteiger partial charge in [0.25, 0.3) is 0 Å². The molecule has 0 spiro atoms. The summed E-state index contributed by atoms with van der Waals surface area (Å²) >= 11 is 0. The van der Waals surface area contributed by atoms with Crippen LogP contribution in [0.25, 0.3) is 0 Å². The molecule has 0 aromatic heterocycles. The molecule has 0 saturated carbocycles. The number of unbranched alkanes of at least 4 members (excludes halogenated alkanes) is 52. The van der Waals surface area contributed by atoms with Gasteiger partial charge in [-0.1, -0.05) is 381 Å². The first-order chi connectivity index (χ1) is 48.6.